The fourth-order valence-corrected chi connectivity index (χ4v) is 8.62. The Balaban J connectivity index is 1.27. The zero-order valence-corrected chi connectivity index (χ0v) is 27.7. The van der Waals surface area contributed by atoms with Gasteiger partial charge in [0, 0.05) is 5.41 Å². The van der Waals surface area contributed by atoms with Crippen LogP contribution in [0.2, 0.25) is 0 Å². The topological polar surface area (TPSA) is 0 Å². The van der Waals surface area contributed by atoms with Gasteiger partial charge in [0.05, 0.1) is 0 Å². The van der Waals surface area contributed by atoms with Crippen LogP contribution >= 0.6 is 0 Å². The Kier molecular flexibility index (Phi) is 6.02. The van der Waals surface area contributed by atoms with Crippen molar-refractivity contribution in [2.24, 2.45) is 0 Å². The molecule has 0 saturated heterocycles. The molecule has 0 bridgehead atoms. The Morgan fingerprint density at radius 1 is 0.327 bits per heavy atom. The molecule has 1 aliphatic carbocycles. The van der Waals surface area contributed by atoms with Gasteiger partial charge in [-0.3, -0.25) is 0 Å². The summed E-state index contributed by atoms with van der Waals surface area (Å²) in [5.74, 6) is 0. The van der Waals surface area contributed by atoms with Crippen molar-refractivity contribution in [3.63, 3.8) is 0 Å². The summed E-state index contributed by atoms with van der Waals surface area (Å²) in [6.07, 6.45) is 0. The van der Waals surface area contributed by atoms with Gasteiger partial charge in [0.15, 0.2) is 0 Å². The molecule has 9 aromatic rings. The van der Waals surface area contributed by atoms with Crippen molar-refractivity contribution in [2.45, 2.75) is 19.3 Å². The molecule has 230 valence electrons. The van der Waals surface area contributed by atoms with E-state index >= 15 is 0 Å². The molecule has 9 aromatic carbocycles. The predicted octanol–water partition coefficient (Wildman–Crippen LogP) is 13.6. The van der Waals surface area contributed by atoms with Gasteiger partial charge in [-0.1, -0.05) is 159 Å². The zero-order chi connectivity index (χ0) is 32.7. The van der Waals surface area contributed by atoms with Gasteiger partial charge in [-0.15, -0.1) is 0 Å². The van der Waals surface area contributed by atoms with Gasteiger partial charge in [0.25, 0.3) is 0 Å². The Labute approximate surface area is 286 Å². The van der Waals surface area contributed by atoms with E-state index in [4.69, 9.17) is 0 Å². The number of hydrogen-bond donors (Lipinski definition) is 0. The van der Waals surface area contributed by atoms with E-state index in [1.165, 1.54) is 98.7 Å². The van der Waals surface area contributed by atoms with Crippen molar-refractivity contribution in [1.82, 2.24) is 0 Å². The monoisotopic (exact) mass is 622 g/mol. The summed E-state index contributed by atoms with van der Waals surface area (Å²) in [6, 6.07) is 63.3. The van der Waals surface area contributed by atoms with Gasteiger partial charge in [0.1, 0.15) is 0 Å². The normalized spacial score (nSPS) is 13.3. The first-order valence-corrected chi connectivity index (χ1v) is 17.3. The average Bonchev–Trinajstić information content (AvgIpc) is 3.39. The van der Waals surface area contributed by atoms with Gasteiger partial charge >= 0.3 is 0 Å². The smallest absolute Gasteiger partial charge is 0.0165 e. The lowest BCUT2D eigenvalue weighted by molar-refractivity contribution is 0.666. The Hall–Kier alpha value is -5.98. The van der Waals surface area contributed by atoms with E-state index in [-0.39, 0.29) is 5.41 Å². The Morgan fingerprint density at radius 3 is 1.57 bits per heavy atom. The number of hydrogen-bond acceptors (Lipinski definition) is 0. The van der Waals surface area contributed by atoms with Crippen LogP contribution < -0.4 is 0 Å². The van der Waals surface area contributed by atoms with Gasteiger partial charge in [-0.25, -0.2) is 0 Å². The van der Waals surface area contributed by atoms with Crippen molar-refractivity contribution < 1.29 is 0 Å². The van der Waals surface area contributed by atoms with Crippen molar-refractivity contribution in [1.29, 1.82) is 0 Å². The van der Waals surface area contributed by atoms with Gasteiger partial charge in [-0.05, 0) is 123 Å². The van der Waals surface area contributed by atoms with Crippen molar-refractivity contribution in [3.8, 4) is 44.5 Å². The lowest BCUT2D eigenvalue weighted by atomic mass is 9.79. The third-order valence-corrected chi connectivity index (χ3v) is 11.0. The standard InChI is InChI=1S/C49H34/c1-49(2)46-29-37(24-25-41(46)43-26-23-33-13-7-8-16-39(33)48(43)49)45-30-44(36-21-19-31-11-3-5-14-34(31)27-36)40-17-9-10-18-42(40)47(45)38-22-20-32-12-4-6-15-35(32)28-38/h3-30H,1-2H3. The molecule has 0 aromatic heterocycles. The van der Waals surface area contributed by atoms with E-state index in [1.807, 2.05) is 0 Å². The minimum absolute atomic E-state index is 0.136. The summed E-state index contributed by atoms with van der Waals surface area (Å²) in [5, 5.41) is 10.2. The molecule has 1 aliphatic rings. The van der Waals surface area contributed by atoms with E-state index in [0.29, 0.717) is 0 Å². The molecular formula is C49H34. The highest BCUT2D eigenvalue weighted by Gasteiger charge is 2.37. The van der Waals surface area contributed by atoms with Crippen LogP contribution in [0.4, 0.5) is 0 Å². The summed E-state index contributed by atoms with van der Waals surface area (Å²) < 4.78 is 0. The minimum atomic E-state index is -0.136. The second-order valence-electron chi connectivity index (χ2n) is 14.1. The zero-order valence-electron chi connectivity index (χ0n) is 27.7. The molecule has 0 amide bonds. The maximum absolute atomic E-state index is 2.49. The van der Waals surface area contributed by atoms with E-state index < -0.39 is 0 Å². The highest BCUT2D eigenvalue weighted by Crippen LogP contribution is 2.53. The van der Waals surface area contributed by atoms with E-state index in [0.717, 1.165) is 0 Å². The van der Waals surface area contributed by atoms with E-state index in [2.05, 4.69) is 184 Å². The first kappa shape index (κ1) is 28.1. The van der Waals surface area contributed by atoms with Crippen LogP contribution in [-0.2, 0) is 5.41 Å². The highest BCUT2D eigenvalue weighted by atomic mass is 14.4. The molecule has 0 radical (unpaired) electrons. The predicted molar refractivity (Wildman–Crippen MR) is 210 cm³/mol. The summed E-state index contributed by atoms with van der Waals surface area (Å²) in [6.45, 7) is 4.80. The van der Waals surface area contributed by atoms with Gasteiger partial charge in [0.2, 0.25) is 0 Å². The lowest BCUT2D eigenvalue weighted by Gasteiger charge is -2.24. The average molecular weight is 623 g/mol. The number of rotatable bonds is 3. The van der Waals surface area contributed by atoms with Crippen LogP contribution in [0, 0.1) is 0 Å². The summed E-state index contributed by atoms with van der Waals surface area (Å²) >= 11 is 0. The molecule has 0 unspecified atom stereocenters. The van der Waals surface area contributed by atoms with Crippen molar-refractivity contribution >= 4 is 43.1 Å². The molecule has 0 fully saturated rings. The number of fused-ring (bicyclic) bond motifs is 8. The summed E-state index contributed by atoms with van der Waals surface area (Å²) in [4.78, 5) is 0. The van der Waals surface area contributed by atoms with Crippen LogP contribution in [-0.4, -0.2) is 0 Å². The minimum Gasteiger partial charge on any atom is -0.0616 e. The SMILES string of the molecule is CC1(C)c2cc(-c3cc(-c4ccc5ccccc5c4)c4ccccc4c3-c3ccc4ccccc4c3)ccc2-c2ccc3ccccc3c21. The largest absolute Gasteiger partial charge is 0.0616 e. The first-order valence-electron chi connectivity index (χ1n) is 17.3. The molecule has 0 N–H and O–H groups in total. The molecule has 49 heavy (non-hydrogen) atoms. The van der Waals surface area contributed by atoms with E-state index in [9.17, 15) is 0 Å². The highest BCUT2D eigenvalue weighted by molar-refractivity contribution is 6.12. The quantitative estimate of drug-likeness (QED) is 0.184. The summed E-state index contributed by atoms with van der Waals surface area (Å²) in [5.41, 5.74) is 12.9. The summed E-state index contributed by atoms with van der Waals surface area (Å²) in [7, 11) is 0. The Bertz CT molecular complexity index is 2800. The molecule has 0 heterocycles. The Morgan fingerprint density at radius 2 is 0.837 bits per heavy atom. The maximum atomic E-state index is 2.49. The van der Waals surface area contributed by atoms with Crippen LogP contribution in [0.15, 0.2) is 170 Å². The van der Waals surface area contributed by atoms with Crippen LogP contribution in [0.25, 0.3) is 87.6 Å². The third-order valence-electron chi connectivity index (χ3n) is 11.0. The molecule has 0 saturated carbocycles. The van der Waals surface area contributed by atoms with E-state index in [1.54, 1.807) is 0 Å². The lowest BCUT2D eigenvalue weighted by Crippen LogP contribution is -2.15. The third kappa shape index (κ3) is 4.24. The fraction of sp³-hybridized carbons (Fsp3) is 0.0612. The molecule has 0 aliphatic heterocycles. The van der Waals surface area contributed by atoms with Crippen LogP contribution in [0.1, 0.15) is 25.0 Å². The first-order chi connectivity index (χ1) is 24.0. The fourth-order valence-electron chi connectivity index (χ4n) is 8.62. The molecule has 0 atom stereocenters. The second-order valence-corrected chi connectivity index (χ2v) is 14.1. The van der Waals surface area contributed by atoms with Crippen molar-refractivity contribution in [3.05, 3.63) is 181 Å². The number of benzene rings is 9. The molecule has 10 rings (SSSR count). The molecule has 0 heteroatoms. The van der Waals surface area contributed by atoms with Crippen LogP contribution in [0.5, 0.6) is 0 Å². The van der Waals surface area contributed by atoms with Gasteiger partial charge < -0.3 is 0 Å². The van der Waals surface area contributed by atoms with Gasteiger partial charge in [-0.2, -0.15) is 0 Å². The van der Waals surface area contributed by atoms with Crippen molar-refractivity contribution in [2.75, 3.05) is 0 Å². The van der Waals surface area contributed by atoms with Crippen LogP contribution in [0.3, 0.4) is 0 Å². The molecule has 0 nitrogen and oxygen atoms in total. The molecule has 0 spiro atoms. The maximum Gasteiger partial charge on any atom is 0.0165 e. The molecular weight excluding hydrogens is 589 g/mol. The second kappa shape index (κ2) is 10.5.